The maximum absolute atomic E-state index is 12.2. The average molecular weight is 1650 g/mol. The quantitative estimate of drug-likeness (QED) is 0.0507. The summed E-state index contributed by atoms with van der Waals surface area (Å²) in [7, 11) is 1.58. The van der Waals surface area contributed by atoms with Gasteiger partial charge in [-0.15, -0.1) is 11.3 Å². The van der Waals surface area contributed by atoms with Crippen LogP contribution in [0.15, 0.2) is 292 Å². The molecule has 602 valence electrons. The van der Waals surface area contributed by atoms with Crippen LogP contribution in [-0.2, 0) is 15.9 Å². The Hall–Kier alpha value is -14.5. The summed E-state index contributed by atoms with van der Waals surface area (Å²) in [6.45, 7) is 0.824. The summed E-state index contributed by atoms with van der Waals surface area (Å²) >= 11 is 8.72. The van der Waals surface area contributed by atoms with Crippen molar-refractivity contribution in [2.75, 3.05) is 26.9 Å². The fraction of sp³-hybridized carbons (Fsp3) is 0.124. The van der Waals surface area contributed by atoms with Crippen LogP contribution in [-0.4, -0.2) is 121 Å². The van der Waals surface area contributed by atoms with E-state index in [1.54, 1.807) is 209 Å². The smallest absolute Gasteiger partial charge is 0.313 e. The van der Waals surface area contributed by atoms with E-state index in [9.17, 15) is 28.8 Å². The van der Waals surface area contributed by atoms with Crippen LogP contribution in [0, 0.1) is 5.92 Å². The van der Waals surface area contributed by atoms with E-state index < -0.39 is 0 Å². The predicted molar refractivity (Wildman–Crippen MR) is 452 cm³/mol. The molecule has 0 spiro atoms. The molecule has 16 aromatic rings. The zero-order chi connectivity index (χ0) is 82.6. The minimum atomic E-state index is -0.303. The molecule has 0 unspecified atom stereocenters. The van der Waals surface area contributed by atoms with Crippen molar-refractivity contribution in [1.82, 2.24) is 58.7 Å². The molecule has 0 atom stereocenters. The molecule has 15 heterocycles. The van der Waals surface area contributed by atoms with Crippen molar-refractivity contribution in [3.63, 3.8) is 0 Å². The Morgan fingerprint density at radius 2 is 0.790 bits per heavy atom. The first-order valence-electron chi connectivity index (χ1n) is 37.1. The molecule has 0 amide bonds. The number of methoxy groups -OCH3 is 1. The number of aromatic nitrogens is 12. The van der Waals surface area contributed by atoms with Crippen LogP contribution in [0.1, 0.15) is 151 Å². The van der Waals surface area contributed by atoms with Crippen molar-refractivity contribution in [2.24, 2.45) is 5.92 Å². The molecule has 1 saturated carbocycles. The molecule has 0 aliphatic heterocycles. The molecule has 1 fully saturated rings. The lowest BCUT2D eigenvalue weighted by atomic mass is 10.0. The highest BCUT2D eigenvalue weighted by atomic mass is 35.5. The van der Waals surface area contributed by atoms with Gasteiger partial charge in [-0.3, -0.25) is 28.8 Å². The number of furan rings is 7. The number of carbonyl (C=O) groups is 6. The van der Waals surface area contributed by atoms with Gasteiger partial charge in [0, 0.05) is 61.1 Å². The molecule has 0 bridgehead atoms. The molecule has 119 heavy (non-hydrogen) atoms. The highest BCUT2D eigenvalue weighted by molar-refractivity contribution is 7.12. The van der Waals surface area contributed by atoms with Gasteiger partial charge >= 0.3 is 5.91 Å². The van der Waals surface area contributed by atoms with Crippen LogP contribution in [0.2, 0.25) is 5.02 Å². The third-order valence-electron chi connectivity index (χ3n) is 16.9. The van der Waals surface area contributed by atoms with E-state index in [2.05, 4.69) is 30.6 Å². The third kappa shape index (κ3) is 26.8. The summed E-state index contributed by atoms with van der Waals surface area (Å²) in [4.78, 5) is 72.6. The number of hydrogen-bond acceptors (Lipinski definition) is 23. The third-order valence-corrected chi connectivity index (χ3v) is 18.7. The maximum atomic E-state index is 12.2. The second-order valence-electron chi connectivity index (χ2n) is 25.5. The molecule has 1 aromatic carbocycles. The summed E-state index contributed by atoms with van der Waals surface area (Å²) in [6, 6.07) is 48.5. The Morgan fingerprint density at radius 1 is 0.403 bits per heavy atom. The van der Waals surface area contributed by atoms with E-state index in [1.807, 2.05) is 125 Å². The zero-order valence-corrected chi connectivity index (χ0v) is 66.3. The second kappa shape index (κ2) is 44.4. The van der Waals surface area contributed by atoms with E-state index in [0.29, 0.717) is 69.5 Å². The van der Waals surface area contributed by atoms with E-state index in [1.165, 1.54) is 82.7 Å². The van der Waals surface area contributed by atoms with Gasteiger partial charge in [0.25, 0.3) is 23.6 Å². The van der Waals surface area contributed by atoms with Gasteiger partial charge in [-0.2, -0.15) is 41.9 Å². The standard InChI is InChI=1S/C17H13ClN2O2.C16H18N2O2.C14H16N2O4.C14H10N2O3.2C14H10N2O2S/c18-14-5-3-13(4-6-14)12-17(21)20-10-9-15(19-20)7-8-16-2-1-11-22-16;19-16(12-13-4-1-2-5-13)18-10-9-14(17-18)7-8-15-6-3-11-20-15;1-18-9-10-19-11-14(17)16-7-6-12(15-16)4-5-13-3-2-8-20-13;2*17-14(13-4-2-10-19-13)16-8-7-11(15-16)5-6-12-3-1-9-18-12;17-14(11-6-9-19-10-11)16-7-5-12(15-16)3-4-13-2-1-8-18-13/h1-11H,12H2;3,6-11,13H,1-2,4-5,12H2;2-8H,9-11H2,1H3;3*1-10H/b2*8-7+;5-4+;2*6-5+;4-3+. The lowest BCUT2D eigenvalue weighted by Gasteiger charge is -2.06. The van der Waals surface area contributed by atoms with Gasteiger partial charge in [0.15, 0.2) is 5.76 Å². The van der Waals surface area contributed by atoms with Crippen molar-refractivity contribution < 1.29 is 69.2 Å². The largest absolute Gasteiger partial charge is 0.465 e. The Bertz CT molecular complexity index is 5590. The first kappa shape index (κ1) is 83.9. The summed E-state index contributed by atoms with van der Waals surface area (Å²) in [5.74, 6) is 4.50. The van der Waals surface area contributed by atoms with Gasteiger partial charge in [-0.25, -0.2) is 28.1 Å². The van der Waals surface area contributed by atoms with Gasteiger partial charge in [0.05, 0.1) is 108 Å². The van der Waals surface area contributed by atoms with Gasteiger partial charge in [0.2, 0.25) is 5.91 Å². The summed E-state index contributed by atoms with van der Waals surface area (Å²) in [5.41, 5.74) is 5.76. The monoisotopic (exact) mass is 1650 g/mol. The normalized spacial score (nSPS) is 12.0. The number of benzene rings is 1. The van der Waals surface area contributed by atoms with E-state index >= 15 is 0 Å². The Morgan fingerprint density at radius 3 is 1.17 bits per heavy atom. The molecule has 0 N–H and O–H groups in total. The number of thiophene rings is 2. The number of halogens is 1. The second-order valence-corrected chi connectivity index (χ2v) is 27.6. The highest BCUT2D eigenvalue weighted by Gasteiger charge is 2.21. The topological polar surface area (TPSA) is 320 Å². The van der Waals surface area contributed by atoms with Crippen molar-refractivity contribution in [1.29, 1.82) is 0 Å². The van der Waals surface area contributed by atoms with E-state index in [-0.39, 0.29) is 54.2 Å². The predicted octanol–water partition coefficient (Wildman–Crippen LogP) is 19.7. The van der Waals surface area contributed by atoms with Crippen LogP contribution < -0.4 is 0 Å². The number of nitrogens with zero attached hydrogens (tertiary/aromatic N) is 12. The van der Waals surface area contributed by atoms with Gasteiger partial charge in [-0.05, 0) is 254 Å². The molecular weight excluding hydrogens is 1580 g/mol. The van der Waals surface area contributed by atoms with Gasteiger partial charge in [0.1, 0.15) is 41.2 Å². The molecule has 0 radical (unpaired) electrons. The maximum Gasteiger partial charge on any atom is 0.313 e. The van der Waals surface area contributed by atoms with Crippen LogP contribution in [0.5, 0.6) is 0 Å². The van der Waals surface area contributed by atoms with Crippen LogP contribution in [0.4, 0.5) is 0 Å². The number of hydrogen-bond donors (Lipinski definition) is 0. The average Bonchev–Trinajstić information content (AvgIpc) is 1.73. The summed E-state index contributed by atoms with van der Waals surface area (Å²) in [5, 5.41) is 31.4. The minimum absolute atomic E-state index is 0.0215. The Balaban J connectivity index is 0.000000131. The van der Waals surface area contributed by atoms with Gasteiger partial charge in [-0.1, -0.05) is 42.6 Å². The van der Waals surface area contributed by atoms with Crippen LogP contribution in [0.3, 0.4) is 0 Å². The zero-order valence-electron chi connectivity index (χ0n) is 63.9. The number of rotatable bonds is 24. The van der Waals surface area contributed by atoms with Gasteiger partial charge < -0.3 is 40.4 Å². The molecular formula is C89H77ClN12O15S2. The van der Waals surface area contributed by atoms with E-state index in [4.69, 9.17) is 52.0 Å². The molecule has 1 aliphatic rings. The van der Waals surface area contributed by atoms with Crippen molar-refractivity contribution in [2.45, 2.75) is 38.5 Å². The summed E-state index contributed by atoms with van der Waals surface area (Å²) in [6.07, 6.45) is 48.4. The fourth-order valence-electron chi connectivity index (χ4n) is 11.0. The summed E-state index contributed by atoms with van der Waals surface area (Å²) < 4.78 is 54.1. The first-order valence-corrected chi connectivity index (χ1v) is 39.3. The fourth-order valence-corrected chi connectivity index (χ4v) is 12.4. The Kier molecular flexibility index (Phi) is 31.3. The molecule has 0 saturated heterocycles. The number of carbonyl (C=O) groups excluding carboxylic acids is 6. The SMILES string of the molecule is COCCOCC(=O)n1ccc(/C=C/c2ccco2)n1.O=C(CC1CCCC1)n1ccc(/C=C/c2ccco2)n1.O=C(Cc1ccc(Cl)cc1)n1ccc(/C=C/c2ccco2)n1.O=C(c1ccco1)n1ccc(/C=C/c2ccco2)n1.O=C(c1cccs1)n1ccc(/C=C/c2ccco2)n1.O=C(c1ccsc1)n1ccc(/C=C/c2ccco2)n1. The lowest BCUT2D eigenvalue weighted by molar-refractivity contribution is 0.0503. The molecule has 15 aromatic heterocycles. The Labute approximate surface area is 694 Å². The van der Waals surface area contributed by atoms with Crippen molar-refractivity contribution in [3.05, 3.63) is 356 Å². The molecule has 30 heteroatoms. The first-order chi connectivity index (χ1) is 58.3. The highest BCUT2D eigenvalue weighted by Crippen LogP contribution is 2.28. The lowest BCUT2D eigenvalue weighted by Crippen LogP contribution is -2.19. The van der Waals surface area contributed by atoms with E-state index in [0.717, 1.165) is 45.8 Å². The van der Waals surface area contributed by atoms with Crippen molar-refractivity contribution >= 4 is 143 Å². The minimum Gasteiger partial charge on any atom is -0.465 e. The molecule has 1 aliphatic carbocycles. The van der Waals surface area contributed by atoms with Crippen molar-refractivity contribution in [3.8, 4) is 0 Å². The van der Waals surface area contributed by atoms with Crippen LogP contribution >= 0.6 is 34.3 Å². The number of ether oxygens (including phenoxy) is 2. The molecule has 17 rings (SSSR count). The van der Waals surface area contributed by atoms with Crippen LogP contribution in [0.25, 0.3) is 72.9 Å². The molecule has 27 nitrogen and oxygen atoms in total.